The summed E-state index contributed by atoms with van der Waals surface area (Å²) in [5.41, 5.74) is 0. The third kappa shape index (κ3) is 12.7. The van der Waals surface area contributed by atoms with Gasteiger partial charge in [-0.1, -0.05) is 6.08 Å². The van der Waals surface area contributed by atoms with Crippen molar-refractivity contribution in [3.63, 3.8) is 0 Å². The van der Waals surface area contributed by atoms with Gasteiger partial charge in [0.25, 0.3) is 0 Å². The summed E-state index contributed by atoms with van der Waals surface area (Å²) < 4.78 is 36.2. The first-order valence-corrected chi connectivity index (χ1v) is 24.4. The standard InChI is InChI=1S/C21H33O6.3C4H9.Sn/c1-5-11-23-18-9-7-13-25-20(18)14-15(3)21(26-16(4)22)27-19-10-8-12-24-17(19)6-2;3*1-3-4-2;/h5-6,11,15,17-21H,1-2,7-10,12-14H2,3-4H3;3*1,3-4H2,2H3;/b11-5-;;;;/t15-,17-,18-,19+,20+,21?;;;;/m1..../s1. The molecule has 6 nitrogen and oxygen atoms in total. The van der Waals surface area contributed by atoms with Crippen molar-refractivity contribution < 1.29 is 28.5 Å². The molecule has 0 aliphatic carbocycles. The van der Waals surface area contributed by atoms with Crippen LogP contribution in [0.25, 0.3) is 0 Å². The molecule has 0 saturated carbocycles. The molecule has 0 spiro atoms. The quantitative estimate of drug-likeness (QED) is 0.0425. The maximum absolute atomic E-state index is 11.9. The number of allylic oxidation sites excluding steroid dienone is 1. The number of esters is 1. The van der Waals surface area contributed by atoms with Gasteiger partial charge in [-0.3, -0.25) is 0 Å². The van der Waals surface area contributed by atoms with Gasteiger partial charge in [-0.2, -0.15) is 0 Å². The second-order valence-corrected chi connectivity index (χ2v) is 26.2. The Balaban J connectivity index is 2.02. The Morgan fingerprint density at radius 2 is 1.57 bits per heavy atom. The molecule has 2 aliphatic rings. The van der Waals surface area contributed by atoms with Crippen molar-refractivity contribution in [2.24, 2.45) is 5.92 Å². The first kappa shape index (κ1) is 35.6. The first-order valence-electron chi connectivity index (χ1n) is 16.4. The normalized spacial score (nSPS) is 25.4. The molecule has 7 heteroatoms. The molecule has 0 aromatic heterocycles. The average Bonchev–Trinajstić information content (AvgIpc) is 2.96. The van der Waals surface area contributed by atoms with Gasteiger partial charge in [-0.05, 0) is 6.42 Å². The number of carbonyl (C=O) groups excluding carboxylic acids is 1. The maximum atomic E-state index is 11.9. The van der Waals surface area contributed by atoms with Crippen molar-refractivity contribution >= 4 is 24.3 Å². The van der Waals surface area contributed by atoms with Crippen molar-refractivity contribution in [3.8, 4) is 0 Å². The van der Waals surface area contributed by atoms with Crippen molar-refractivity contribution in [1.82, 2.24) is 0 Å². The van der Waals surface area contributed by atoms with Crippen LogP contribution < -0.4 is 0 Å². The van der Waals surface area contributed by atoms with E-state index in [-0.39, 0.29) is 36.3 Å². The number of ether oxygens (including phenoxy) is 5. The molecular formula is C33H60O6Sn. The molecule has 0 N–H and O–H groups in total. The van der Waals surface area contributed by atoms with Gasteiger partial charge in [0.2, 0.25) is 0 Å². The van der Waals surface area contributed by atoms with Gasteiger partial charge < -0.3 is 4.74 Å². The Morgan fingerprint density at radius 3 is 2.15 bits per heavy atom. The fraction of sp³-hybridized carbons (Fsp3) is 0.848. The van der Waals surface area contributed by atoms with Crippen LogP contribution in [0.3, 0.4) is 0 Å². The van der Waals surface area contributed by atoms with E-state index in [9.17, 15) is 4.79 Å². The third-order valence-corrected chi connectivity index (χ3v) is 23.9. The SMILES string of the molecule is C=C[C@H]1OCCC[C@@H]1OC(OC(C)=O)[C@H](C)C[C@@H]1OCCC[C@H]1O/C=C\[CH2][Sn]([CH2]CCC)([CH2]CCC)[CH2]CCC. The topological polar surface area (TPSA) is 63.2 Å². The number of rotatable bonds is 20. The summed E-state index contributed by atoms with van der Waals surface area (Å²) in [4.78, 5) is 11.9. The zero-order valence-corrected chi connectivity index (χ0v) is 29.2. The molecule has 6 atom stereocenters. The van der Waals surface area contributed by atoms with Crippen molar-refractivity contribution in [3.05, 3.63) is 25.0 Å². The van der Waals surface area contributed by atoms with Crippen LogP contribution in [0.5, 0.6) is 0 Å². The van der Waals surface area contributed by atoms with Gasteiger partial charge >= 0.3 is 220 Å². The fourth-order valence-corrected chi connectivity index (χ4v) is 21.3. The van der Waals surface area contributed by atoms with E-state index in [1.54, 1.807) is 6.08 Å². The molecule has 0 bridgehead atoms. The minimum absolute atomic E-state index is 0.0101. The summed E-state index contributed by atoms with van der Waals surface area (Å²) in [7, 11) is 0. The molecule has 2 aliphatic heterocycles. The van der Waals surface area contributed by atoms with Crippen LogP contribution in [0.1, 0.15) is 105 Å². The molecule has 0 radical (unpaired) electrons. The van der Waals surface area contributed by atoms with Crippen LogP contribution in [0.4, 0.5) is 0 Å². The molecule has 40 heavy (non-hydrogen) atoms. The average molecular weight is 672 g/mol. The first-order chi connectivity index (χ1) is 19.4. The van der Waals surface area contributed by atoms with E-state index >= 15 is 0 Å². The van der Waals surface area contributed by atoms with Crippen LogP contribution in [-0.2, 0) is 28.5 Å². The van der Waals surface area contributed by atoms with Gasteiger partial charge in [0.15, 0.2) is 0 Å². The summed E-state index contributed by atoms with van der Waals surface area (Å²) in [5, 5.41) is 0. The minimum atomic E-state index is -2.21. The van der Waals surface area contributed by atoms with E-state index in [0.29, 0.717) is 13.0 Å². The molecule has 1 unspecified atom stereocenters. The Kier molecular flexibility index (Phi) is 18.1. The molecule has 2 rings (SSSR count). The van der Waals surface area contributed by atoms with Crippen molar-refractivity contribution in [2.45, 2.75) is 154 Å². The predicted octanol–water partition coefficient (Wildman–Crippen LogP) is 8.58. The van der Waals surface area contributed by atoms with E-state index in [2.05, 4.69) is 40.3 Å². The van der Waals surface area contributed by atoms with E-state index in [0.717, 1.165) is 32.3 Å². The Labute approximate surface area is 249 Å². The number of unbranched alkanes of at least 4 members (excludes halogenated alkanes) is 3. The van der Waals surface area contributed by atoms with Crippen molar-refractivity contribution in [2.75, 3.05) is 13.2 Å². The number of carbonyl (C=O) groups is 1. The van der Waals surface area contributed by atoms with E-state index in [1.807, 2.05) is 6.26 Å². The van der Waals surface area contributed by atoms with E-state index in [1.165, 1.54) is 63.2 Å². The molecular weight excluding hydrogens is 611 g/mol. The Morgan fingerprint density at radius 1 is 0.975 bits per heavy atom. The molecule has 232 valence electrons. The van der Waals surface area contributed by atoms with Crippen LogP contribution in [0.15, 0.2) is 25.0 Å². The Hall–Kier alpha value is -0.571. The van der Waals surface area contributed by atoms with Crippen LogP contribution >= 0.6 is 0 Å². The van der Waals surface area contributed by atoms with Crippen LogP contribution in [0.2, 0.25) is 17.7 Å². The summed E-state index contributed by atoms with van der Waals surface area (Å²) in [6, 6.07) is 0. The van der Waals surface area contributed by atoms with Gasteiger partial charge in [0.1, 0.15) is 0 Å². The van der Waals surface area contributed by atoms with Gasteiger partial charge in [0.05, 0.1) is 0 Å². The second kappa shape index (κ2) is 20.4. The third-order valence-electron chi connectivity index (χ3n) is 8.66. The number of hydrogen-bond acceptors (Lipinski definition) is 6. The van der Waals surface area contributed by atoms with Crippen LogP contribution in [-0.4, -0.2) is 68.3 Å². The zero-order chi connectivity index (χ0) is 29.2. The summed E-state index contributed by atoms with van der Waals surface area (Å²) >= 11 is -2.21. The summed E-state index contributed by atoms with van der Waals surface area (Å²) in [6.45, 7) is 15.8. The van der Waals surface area contributed by atoms with Gasteiger partial charge in [-0.15, -0.1) is 6.58 Å². The molecule has 0 aromatic rings. The molecule has 2 heterocycles. The Bertz CT molecular complexity index is 706. The zero-order valence-electron chi connectivity index (χ0n) is 26.4. The fourth-order valence-electron chi connectivity index (χ4n) is 6.21. The monoisotopic (exact) mass is 672 g/mol. The molecule has 2 fully saturated rings. The summed E-state index contributed by atoms with van der Waals surface area (Å²) in [5.74, 6) is -0.386. The van der Waals surface area contributed by atoms with Gasteiger partial charge in [0, 0.05) is 6.61 Å². The van der Waals surface area contributed by atoms with Gasteiger partial charge in [-0.25, -0.2) is 0 Å². The number of hydrogen-bond donors (Lipinski definition) is 0. The van der Waals surface area contributed by atoms with Crippen LogP contribution in [0, 0.1) is 5.92 Å². The van der Waals surface area contributed by atoms with E-state index in [4.69, 9.17) is 23.7 Å². The molecule has 0 amide bonds. The predicted molar refractivity (Wildman–Crippen MR) is 166 cm³/mol. The van der Waals surface area contributed by atoms with E-state index < -0.39 is 24.7 Å². The molecule has 2 saturated heterocycles. The summed E-state index contributed by atoms with van der Waals surface area (Å²) in [6.07, 6.45) is 17.6. The molecule has 0 aromatic carbocycles. The van der Waals surface area contributed by atoms with Crippen molar-refractivity contribution in [1.29, 1.82) is 0 Å². The second-order valence-electron chi connectivity index (χ2n) is 12.2.